The maximum atomic E-state index is 12.6. The minimum absolute atomic E-state index is 0.101. The minimum Gasteiger partial charge on any atom is -0.467 e. The monoisotopic (exact) mass is 419 g/mol. The van der Waals surface area contributed by atoms with Crippen molar-refractivity contribution in [3.8, 4) is 0 Å². The van der Waals surface area contributed by atoms with E-state index in [0.717, 1.165) is 5.56 Å². The highest BCUT2D eigenvalue weighted by Gasteiger charge is 2.23. The van der Waals surface area contributed by atoms with Crippen molar-refractivity contribution in [1.82, 2.24) is 5.32 Å². The first-order valence-electron chi connectivity index (χ1n) is 9.13. The van der Waals surface area contributed by atoms with Crippen LogP contribution in [0.4, 0.5) is 0 Å². The van der Waals surface area contributed by atoms with E-state index in [1.54, 1.807) is 24.3 Å². The average molecular weight is 419 g/mol. The van der Waals surface area contributed by atoms with Crippen molar-refractivity contribution in [2.75, 3.05) is 21.3 Å². The summed E-state index contributed by atoms with van der Waals surface area (Å²) in [6.45, 7) is 0. The third-order valence-electron chi connectivity index (χ3n) is 4.50. The van der Waals surface area contributed by atoms with Crippen LogP contribution in [0.15, 0.2) is 54.6 Å². The number of benzene rings is 2. The van der Waals surface area contributed by atoms with Crippen LogP contribution in [0.3, 0.4) is 0 Å². The molecule has 0 heterocycles. The van der Waals surface area contributed by atoms with Gasteiger partial charge in [0.05, 0.1) is 13.3 Å². The van der Waals surface area contributed by atoms with E-state index in [9.17, 15) is 14.2 Å². The van der Waals surface area contributed by atoms with E-state index < -0.39 is 19.6 Å². The highest BCUT2D eigenvalue weighted by atomic mass is 31.2. The van der Waals surface area contributed by atoms with Gasteiger partial charge in [-0.15, -0.1) is 0 Å². The smallest absolute Gasteiger partial charge is 0.334 e. The second kappa shape index (κ2) is 10.9. The van der Waals surface area contributed by atoms with Crippen LogP contribution >= 0.6 is 7.60 Å². The van der Waals surface area contributed by atoms with E-state index in [2.05, 4.69) is 5.32 Å². The van der Waals surface area contributed by atoms with Gasteiger partial charge in [-0.3, -0.25) is 9.36 Å². The number of hydrogen-bond donors (Lipinski definition) is 1. The lowest BCUT2D eigenvalue weighted by Crippen LogP contribution is -2.41. The molecular weight excluding hydrogens is 393 g/mol. The topological polar surface area (TPSA) is 90.9 Å². The maximum Gasteiger partial charge on any atom is 0.334 e. The van der Waals surface area contributed by atoms with Crippen LogP contribution in [-0.2, 0) is 35.7 Å². The van der Waals surface area contributed by atoms with Crippen molar-refractivity contribution in [3.63, 3.8) is 0 Å². The summed E-state index contributed by atoms with van der Waals surface area (Å²) in [5, 5.41) is 2.73. The van der Waals surface area contributed by atoms with Crippen LogP contribution in [0.1, 0.15) is 27.9 Å². The standard InChI is InChI=1S/C21H26NO6P/c1-26-21(24)19(14-11-16-7-5-4-6-8-16)22-20(23)18-12-9-17(10-13-18)15-29(25,27-2)28-3/h4-10,12-13,19H,11,14-15H2,1-3H3,(H,22,23)/t19-/m1/s1. The van der Waals surface area contributed by atoms with Crippen molar-refractivity contribution in [3.05, 3.63) is 71.3 Å². The quantitative estimate of drug-likeness (QED) is 0.468. The summed E-state index contributed by atoms with van der Waals surface area (Å²) in [6, 6.07) is 15.5. The average Bonchev–Trinajstić information content (AvgIpc) is 2.77. The number of methoxy groups -OCH3 is 1. The number of amides is 1. The summed E-state index contributed by atoms with van der Waals surface area (Å²) in [7, 11) is 0.768. The van der Waals surface area contributed by atoms with Crippen LogP contribution in [-0.4, -0.2) is 39.2 Å². The lowest BCUT2D eigenvalue weighted by atomic mass is 10.0. The third-order valence-corrected chi connectivity index (χ3v) is 6.37. The number of hydrogen-bond acceptors (Lipinski definition) is 6. The second-order valence-corrected chi connectivity index (χ2v) is 8.67. The molecule has 0 aromatic heterocycles. The van der Waals surface area contributed by atoms with Gasteiger partial charge in [-0.1, -0.05) is 42.5 Å². The largest absolute Gasteiger partial charge is 0.467 e. The number of nitrogens with one attached hydrogen (secondary N) is 1. The number of rotatable bonds is 10. The van der Waals surface area contributed by atoms with E-state index in [-0.39, 0.29) is 12.1 Å². The first-order chi connectivity index (χ1) is 13.9. The van der Waals surface area contributed by atoms with Crippen LogP contribution in [0.25, 0.3) is 0 Å². The van der Waals surface area contributed by atoms with E-state index in [0.29, 0.717) is 24.0 Å². The number of ether oxygens (including phenoxy) is 1. The maximum absolute atomic E-state index is 12.6. The molecule has 0 radical (unpaired) electrons. The van der Waals surface area contributed by atoms with Gasteiger partial charge in [0.2, 0.25) is 0 Å². The Labute approximate surface area is 170 Å². The summed E-state index contributed by atoms with van der Waals surface area (Å²) < 4.78 is 26.9. The molecule has 0 saturated heterocycles. The van der Waals surface area contributed by atoms with Crippen molar-refractivity contribution < 1.29 is 27.9 Å². The van der Waals surface area contributed by atoms with Gasteiger partial charge in [0.1, 0.15) is 6.04 Å². The predicted molar refractivity (Wildman–Crippen MR) is 110 cm³/mol. The van der Waals surface area contributed by atoms with Crippen LogP contribution in [0, 0.1) is 0 Å². The molecule has 0 aliphatic heterocycles. The fourth-order valence-corrected chi connectivity index (χ4v) is 3.84. The molecule has 1 atom stereocenters. The highest BCUT2D eigenvalue weighted by Crippen LogP contribution is 2.49. The molecule has 7 nitrogen and oxygen atoms in total. The fourth-order valence-electron chi connectivity index (χ4n) is 2.78. The van der Waals surface area contributed by atoms with Gasteiger partial charge in [-0.2, -0.15) is 0 Å². The molecule has 0 bridgehead atoms. The zero-order valence-electron chi connectivity index (χ0n) is 16.8. The van der Waals surface area contributed by atoms with Gasteiger partial charge in [0.25, 0.3) is 5.91 Å². The molecule has 0 saturated carbocycles. The van der Waals surface area contributed by atoms with E-state index in [1.807, 2.05) is 30.3 Å². The van der Waals surface area contributed by atoms with Gasteiger partial charge in [0.15, 0.2) is 0 Å². The van der Waals surface area contributed by atoms with Gasteiger partial charge < -0.3 is 19.1 Å². The SMILES string of the molecule is COC(=O)[C@@H](CCc1ccccc1)NC(=O)c1ccc(CP(=O)(OC)OC)cc1. The summed E-state index contributed by atoms with van der Waals surface area (Å²) in [6.07, 6.45) is 1.15. The zero-order valence-corrected chi connectivity index (χ0v) is 17.7. The van der Waals surface area contributed by atoms with Crippen LogP contribution in [0.2, 0.25) is 0 Å². The molecule has 2 aromatic carbocycles. The van der Waals surface area contributed by atoms with E-state index in [4.69, 9.17) is 13.8 Å². The lowest BCUT2D eigenvalue weighted by Gasteiger charge is -2.17. The first kappa shape index (κ1) is 22.8. The Morgan fingerprint density at radius 2 is 1.55 bits per heavy atom. The van der Waals surface area contributed by atoms with E-state index in [1.165, 1.54) is 21.3 Å². The van der Waals surface area contributed by atoms with Gasteiger partial charge in [0, 0.05) is 19.8 Å². The Hall–Kier alpha value is -2.47. The molecule has 0 unspecified atom stereocenters. The minimum atomic E-state index is -3.18. The van der Waals surface area contributed by atoms with Gasteiger partial charge >= 0.3 is 13.6 Å². The first-order valence-corrected chi connectivity index (χ1v) is 10.9. The van der Waals surface area contributed by atoms with E-state index >= 15 is 0 Å². The summed E-state index contributed by atoms with van der Waals surface area (Å²) in [4.78, 5) is 24.7. The molecule has 1 N–H and O–H groups in total. The lowest BCUT2D eigenvalue weighted by molar-refractivity contribution is -0.143. The highest BCUT2D eigenvalue weighted by molar-refractivity contribution is 7.52. The zero-order chi connectivity index (χ0) is 21.3. The van der Waals surface area contributed by atoms with Gasteiger partial charge in [-0.25, -0.2) is 4.79 Å². The Balaban J connectivity index is 2.02. The Kier molecular flexibility index (Phi) is 8.58. The van der Waals surface area contributed by atoms with Crippen molar-refractivity contribution in [1.29, 1.82) is 0 Å². The number of carbonyl (C=O) groups is 2. The second-order valence-electron chi connectivity index (χ2n) is 6.40. The van der Waals surface area contributed by atoms with Crippen LogP contribution < -0.4 is 5.32 Å². The fraction of sp³-hybridized carbons (Fsp3) is 0.333. The molecule has 0 spiro atoms. The van der Waals surface area contributed by atoms with Gasteiger partial charge in [-0.05, 0) is 36.1 Å². The molecule has 0 aliphatic rings. The molecule has 8 heteroatoms. The Morgan fingerprint density at radius 1 is 0.931 bits per heavy atom. The molecule has 0 fully saturated rings. The Morgan fingerprint density at radius 3 is 2.10 bits per heavy atom. The predicted octanol–water partition coefficient (Wildman–Crippen LogP) is 3.58. The Bertz CT molecular complexity index is 845. The summed E-state index contributed by atoms with van der Waals surface area (Å²) in [5.74, 6) is -0.881. The summed E-state index contributed by atoms with van der Waals surface area (Å²) >= 11 is 0. The van der Waals surface area contributed by atoms with Crippen molar-refractivity contribution in [2.45, 2.75) is 25.0 Å². The molecule has 29 heavy (non-hydrogen) atoms. The molecule has 156 valence electrons. The van der Waals surface area contributed by atoms with Crippen molar-refractivity contribution in [2.24, 2.45) is 0 Å². The van der Waals surface area contributed by atoms with Crippen LogP contribution in [0.5, 0.6) is 0 Å². The number of esters is 1. The summed E-state index contributed by atoms with van der Waals surface area (Å²) in [5.41, 5.74) is 2.16. The molecule has 0 aliphatic carbocycles. The molecule has 1 amide bonds. The van der Waals surface area contributed by atoms with Crippen molar-refractivity contribution >= 4 is 19.5 Å². The molecule has 2 rings (SSSR count). The third kappa shape index (κ3) is 6.82. The number of aryl methyl sites for hydroxylation is 1. The molecule has 2 aromatic rings. The number of carbonyl (C=O) groups excluding carboxylic acids is 2. The normalized spacial score (nSPS) is 12.2. The molecular formula is C21H26NO6P.